The number of carbonyl (C=O) groups excluding carboxylic acids is 1. The molecule has 0 heterocycles. The van der Waals surface area contributed by atoms with Gasteiger partial charge >= 0.3 is 0 Å². The number of rotatable bonds is 6. The number of benzene rings is 3. The van der Waals surface area contributed by atoms with Crippen LogP contribution in [0.2, 0.25) is 5.02 Å². The molecule has 6 nitrogen and oxygen atoms in total. The first-order chi connectivity index (χ1) is 15.8. The molecule has 4 rings (SSSR count). The molecule has 3 aromatic carbocycles. The highest BCUT2D eigenvalue weighted by atomic mass is 35.5. The lowest BCUT2D eigenvalue weighted by Gasteiger charge is -2.19. The van der Waals surface area contributed by atoms with Gasteiger partial charge in [-0.05, 0) is 61.9 Å². The predicted octanol–water partition coefficient (Wildman–Crippen LogP) is 5.42. The van der Waals surface area contributed by atoms with Gasteiger partial charge in [-0.25, -0.2) is 0 Å². The number of nitrogens with zero attached hydrogens (tertiary/aromatic N) is 1. The highest BCUT2D eigenvalue weighted by Gasteiger charge is 2.26. The van der Waals surface area contributed by atoms with Gasteiger partial charge < -0.3 is 10.1 Å². The van der Waals surface area contributed by atoms with Gasteiger partial charge in [0.2, 0.25) is 5.78 Å². The van der Waals surface area contributed by atoms with E-state index in [1.807, 2.05) is 19.9 Å². The van der Waals surface area contributed by atoms with Crippen molar-refractivity contribution < 1.29 is 17.9 Å². The smallest absolute Gasteiger partial charge is 0.282 e. The van der Waals surface area contributed by atoms with Gasteiger partial charge in [-0.2, -0.15) is 12.8 Å². The maximum absolute atomic E-state index is 13.1. The van der Waals surface area contributed by atoms with Crippen LogP contribution in [-0.2, 0) is 10.0 Å². The van der Waals surface area contributed by atoms with Gasteiger partial charge in [-0.3, -0.25) is 4.79 Å². The molecular formula is C25H21ClN2O4S. The molecule has 0 atom stereocenters. The number of hydrogen-bond acceptors (Lipinski definition) is 5. The van der Waals surface area contributed by atoms with Crippen LogP contribution in [0, 0.1) is 6.92 Å². The van der Waals surface area contributed by atoms with Crippen molar-refractivity contribution in [2.75, 3.05) is 11.9 Å². The zero-order valence-corrected chi connectivity index (χ0v) is 19.6. The average molecular weight is 481 g/mol. The SMILES string of the molecule is CCOc1ccc(S(=O)(=O)N=C2C=C(Nc3cc(Cl)ccc3C)C(=O)c3ccccc32)cc1. The molecule has 0 spiro atoms. The molecule has 0 saturated heterocycles. The Morgan fingerprint density at radius 2 is 1.70 bits per heavy atom. The summed E-state index contributed by atoms with van der Waals surface area (Å²) in [5.41, 5.74) is 2.72. The summed E-state index contributed by atoms with van der Waals surface area (Å²) in [4.78, 5) is 13.1. The van der Waals surface area contributed by atoms with Gasteiger partial charge in [-0.1, -0.05) is 41.9 Å². The van der Waals surface area contributed by atoms with E-state index in [1.54, 1.807) is 48.5 Å². The normalized spacial score (nSPS) is 14.6. The minimum atomic E-state index is -4.04. The number of nitrogens with one attached hydrogen (secondary N) is 1. The second kappa shape index (κ2) is 9.21. The third kappa shape index (κ3) is 4.84. The van der Waals surface area contributed by atoms with Crippen molar-refractivity contribution in [2.45, 2.75) is 18.7 Å². The monoisotopic (exact) mass is 480 g/mol. The Morgan fingerprint density at radius 3 is 2.39 bits per heavy atom. The number of aryl methyl sites for hydroxylation is 1. The lowest BCUT2D eigenvalue weighted by Crippen LogP contribution is -2.23. The van der Waals surface area contributed by atoms with Crippen LogP contribution in [0.4, 0.5) is 5.69 Å². The molecular weight excluding hydrogens is 460 g/mol. The van der Waals surface area contributed by atoms with Crippen LogP contribution in [0.3, 0.4) is 0 Å². The summed E-state index contributed by atoms with van der Waals surface area (Å²) in [6.45, 7) is 4.21. The van der Waals surface area contributed by atoms with Crippen molar-refractivity contribution in [1.29, 1.82) is 0 Å². The molecule has 0 radical (unpaired) electrons. The Labute approximate surface area is 197 Å². The van der Waals surface area contributed by atoms with E-state index in [0.29, 0.717) is 34.2 Å². The van der Waals surface area contributed by atoms with E-state index in [1.165, 1.54) is 18.2 Å². The summed E-state index contributed by atoms with van der Waals surface area (Å²) in [5, 5.41) is 3.61. The van der Waals surface area contributed by atoms with E-state index in [0.717, 1.165) is 5.56 Å². The number of hydrogen-bond donors (Lipinski definition) is 1. The zero-order valence-electron chi connectivity index (χ0n) is 18.0. The number of halogens is 1. The van der Waals surface area contributed by atoms with E-state index in [-0.39, 0.29) is 22.1 Å². The maximum atomic E-state index is 13.1. The van der Waals surface area contributed by atoms with Crippen LogP contribution in [0.15, 0.2) is 87.8 Å². The largest absolute Gasteiger partial charge is 0.494 e. The molecule has 0 bridgehead atoms. The molecule has 168 valence electrons. The van der Waals surface area contributed by atoms with Crippen molar-refractivity contribution in [3.63, 3.8) is 0 Å². The molecule has 0 aliphatic heterocycles. The van der Waals surface area contributed by atoms with Crippen LogP contribution in [0.5, 0.6) is 5.75 Å². The van der Waals surface area contributed by atoms with Crippen molar-refractivity contribution in [1.82, 2.24) is 0 Å². The molecule has 0 unspecified atom stereocenters. The van der Waals surface area contributed by atoms with Crippen molar-refractivity contribution in [2.24, 2.45) is 4.40 Å². The van der Waals surface area contributed by atoms with E-state index < -0.39 is 10.0 Å². The van der Waals surface area contributed by atoms with E-state index in [9.17, 15) is 13.2 Å². The van der Waals surface area contributed by atoms with Crippen LogP contribution < -0.4 is 10.1 Å². The van der Waals surface area contributed by atoms with E-state index in [2.05, 4.69) is 9.71 Å². The third-order valence-corrected chi connectivity index (χ3v) is 6.63. The standard InChI is InChI=1S/C25H21ClN2O4S/c1-3-32-18-10-12-19(13-11-18)33(30,31)28-23-15-24(25(29)21-7-5-4-6-20(21)23)27-22-14-17(26)9-8-16(22)2/h4-15,27H,3H2,1-2H3. The number of sulfonamides is 1. The summed E-state index contributed by atoms with van der Waals surface area (Å²) in [6.07, 6.45) is 1.46. The molecule has 1 N–H and O–H groups in total. The number of anilines is 1. The van der Waals surface area contributed by atoms with Crippen molar-refractivity contribution in [3.8, 4) is 5.75 Å². The first-order valence-corrected chi connectivity index (χ1v) is 12.1. The average Bonchev–Trinajstić information content (AvgIpc) is 2.80. The molecule has 0 fully saturated rings. The minimum Gasteiger partial charge on any atom is -0.494 e. The Morgan fingerprint density at radius 1 is 1.00 bits per heavy atom. The number of carbonyl (C=O) groups is 1. The van der Waals surface area contributed by atoms with Gasteiger partial charge in [0, 0.05) is 21.8 Å². The van der Waals surface area contributed by atoms with E-state index in [4.69, 9.17) is 16.3 Å². The summed E-state index contributed by atoms with van der Waals surface area (Å²) in [6, 6.07) is 18.1. The summed E-state index contributed by atoms with van der Waals surface area (Å²) >= 11 is 6.11. The zero-order chi connectivity index (χ0) is 23.6. The quantitative estimate of drug-likeness (QED) is 0.509. The van der Waals surface area contributed by atoms with Gasteiger partial charge in [0.25, 0.3) is 10.0 Å². The second-order valence-corrected chi connectivity index (χ2v) is 9.41. The Bertz CT molecular complexity index is 1390. The summed E-state index contributed by atoms with van der Waals surface area (Å²) in [5.74, 6) is 0.309. The van der Waals surface area contributed by atoms with Crippen molar-refractivity contribution in [3.05, 3.63) is 100 Å². The number of Topliss-reactive ketones (excluding diaryl/α,β-unsaturated/α-hetero) is 1. The number of fused-ring (bicyclic) bond motifs is 1. The Balaban J connectivity index is 1.78. The molecule has 1 aliphatic carbocycles. The Kier molecular flexibility index (Phi) is 6.35. The minimum absolute atomic E-state index is 0.0291. The molecule has 8 heteroatoms. The number of allylic oxidation sites excluding steroid dienone is 2. The van der Waals surface area contributed by atoms with Crippen LogP contribution in [0.25, 0.3) is 0 Å². The molecule has 0 saturated carbocycles. The van der Waals surface area contributed by atoms with Crippen LogP contribution in [0.1, 0.15) is 28.4 Å². The summed E-state index contributed by atoms with van der Waals surface area (Å²) < 4.78 is 35.5. The van der Waals surface area contributed by atoms with Gasteiger partial charge in [-0.15, -0.1) is 0 Å². The van der Waals surface area contributed by atoms with Gasteiger partial charge in [0.15, 0.2) is 0 Å². The van der Waals surface area contributed by atoms with Crippen molar-refractivity contribution >= 4 is 38.8 Å². The molecule has 3 aromatic rings. The number of ketones is 1. The van der Waals surface area contributed by atoms with Crippen LogP contribution in [-0.4, -0.2) is 26.5 Å². The van der Waals surface area contributed by atoms with Gasteiger partial charge in [0.1, 0.15) is 5.75 Å². The number of ether oxygens (including phenoxy) is 1. The first-order valence-electron chi connectivity index (χ1n) is 10.3. The molecule has 33 heavy (non-hydrogen) atoms. The van der Waals surface area contributed by atoms with E-state index >= 15 is 0 Å². The topological polar surface area (TPSA) is 84.8 Å². The van der Waals surface area contributed by atoms with Crippen LogP contribution >= 0.6 is 11.6 Å². The third-order valence-electron chi connectivity index (χ3n) is 5.09. The maximum Gasteiger partial charge on any atom is 0.282 e. The molecule has 0 amide bonds. The van der Waals surface area contributed by atoms with Gasteiger partial charge in [0.05, 0.1) is 22.9 Å². The molecule has 0 aromatic heterocycles. The fourth-order valence-electron chi connectivity index (χ4n) is 3.43. The summed E-state index contributed by atoms with van der Waals surface area (Å²) in [7, 11) is -4.04. The first kappa shape index (κ1) is 22.8. The highest BCUT2D eigenvalue weighted by molar-refractivity contribution is 7.90. The highest BCUT2D eigenvalue weighted by Crippen LogP contribution is 2.28. The Hall–Kier alpha value is -3.42. The predicted molar refractivity (Wildman–Crippen MR) is 130 cm³/mol. The lowest BCUT2D eigenvalue weighted by atomic mass is 9.92. The fourth-order valence-corrected chi connectivity index (χ4v) is 4.60. The lowest BCUT2D eigenvalue weighted by molar-refractivity contribution is 0.103. The second-order valence-electron chi connectivity index (χ2n) is 7.37. The molecule has 1 aliphatic rings. The fraction of sp³-hybridized carbons (Fsp3) is 0.120.